The first-order chi connectivity index (χ1) is 13.2. The minimum absolute atomic E-state index is 0.172. The van der Waals surface area contributed by atoms with Crippen LogP contribution in [0, 0.1) is 18.3 Å². The largest absolute Gasteiger partial charge is 0.339 e. The number of carbonyl (C=O) groups excluding carboxylic acids is 1. The lowest BCUT2D eigenvalue weighted by atomic mass is 9.79. The number of piperidine rings is 1. The van der Waals surface area contributed by atoms with Gasteiger partial charge < -0.3 is 4.90 Å². The molecule has 1 amide bonds. The summed E-state index contributed by atoms with van der Waals surface area (Å²) >= 11 is 0. The molecule has 3 heteroatoms. The van der Waals surface area contributed by atoms with E-state index in [2.05, 4.69) is 37.3 Å². The highest BCUT2D eigenvalue weighted by Crippen LogP contribution is 2.37. The van der Waals surface area contributed by atoms with Crippen LogP contribution in [-0.2, 0) is 0 Å². The third-order valence-corrected chi connectivity index (χ3v) is 6.35. The van der Waals surface area contributed by atoms with Crippen LogP contribution in [-0.4, -0.2) is 23.9 Å². The Bertz CT molecular complexity index is 866. The van der Waals surface area contributed by atoms with E-state index in [1.807, 2.05) is 23.1 Å². The summed E-state index contributed by atoms with van der Waals surface area (Å²) in [7, 11) is 0. The minimum Gasteiger partial charge on any atom is -0.339 e. The Kier molecular flexibility index (Phi) is 4.99. The molecule has 1 aliphatic carbocycles. The standard InChI is InChI=1S/C24H26N2O/c1-17-15-22(19-3-2-4-19)9-10-23(17)24(27)26-13-11-21(12-14-26)20-7-5-18(16-25)6-8-20/h5-10,15,19,21H,2-4,11-14H2,1H3. The van der Waals surface area contributed by atoms with Gasteiger partial charge in [0.1, 0.15) is 0 Å². The van der Waals surface area contributed by atoms with Crippen molar-refractivity contribution in [3.05, 3.63) is 70.3 Å². The molecule has 1 heterocycles. The van der Waals surface area contributed by atoms with Crippen LogP contribution in [0.15, 0.2) is 42.5 Å². The Morgan fingerprint density at radius 3 is 2.15 bits per heavy atom. The molecule has 0 aromatic heterocycles. The number of nitrogens with zero attached hydrogens (tertiary/aromatic N) is 2. The van der Waals surface area contributed by atoms with E-state index in [0.717, 1.165) is 37.1 Å². The molecule has 0 N–H and O–H groups in total. The van der Waals surface area contributed by atoms with Crippen LogP contribution in [0.2, 0.25) is 0 Å². The van der Waals surface area contributed by atoms with Crippen molar-refractivity contribution in [2.75, 3.05) is 13.1 Å². The van der Waals surface area contributed by atoms with Gasteiger partial charge in [-0.2, -0.15) is 5.26 Å². The molecule has 0 radical (unpaired) electrons. The topological polar surface area (TPSA) is 44.1 Å². The van der Waals surface area contributed by atoms with Crippen molar-refractivity contribution in [2.45, 2.75) is 50.9 Å². The van der Waals surface area contributed by atoms with Gasteiger partial charge in [0.2, 0.25) is 0 Å². The van der Waals surface area contributed by atoms with Crippen LogP contribution < -0.4 is 0 Å². The Hall–Kier alpha value is -2.60. The molecule has 1 saturated heterocycles. The van der Waals surface area contributed by atoms with Gasteiger partial charge in [-0.05, 0) is 79.3 Å². The van der Waals surface area contributed by atoms with Gasteiger partial charge >= 0.3 is 0 Å². The van der Waals surface area contributed by atoms with Crippen LogP contribution in [0.25, 0.3) is 0 Å². The molecule has 1 aliphatic heterocycles. The summed E-state index contributed by atoms with van der Waals surface area (Å²) < 4.78 is 0. The summed E-state index contributed by atoms with van der Waals surface area (Å²) in [6.07, 6.45) is 5.87. The van der Waals surface area contributed by atoms with Crippen molar-refractivity contribution in [1.82, 2.24) is 4.90 Å². The predicted octanol–water partition coefficient (Wildman–Crippen LogP) is 5.15. The molecule has 138 valence electrons. The zero-order valence-electron chi connectivity index (χ0n) is 15.9. The molecular weight excluding hydrogens is 332 g/mol. The average molecular weight is 358 g/mol. The van der Waals surface area contributed by atoms with E-state index < -0.39 is 0 Å². The van der Waals surface area contributed by atoms with Gasteiger partial charge in [0, 0.05) is 18.7 Å². The second kappa shape index (κ2) is 7.56. The fourth-order valence-electron chi connectivity index (χ4n) is 4.34. The first-order valence-corrected chi connectivity index (χ1v) is 10.1. The van der Waals surface area contributed by atoms with E-state index in [9.17, 15) is 4.79 Å². The highest BCUT2D eigenvalue weighted by Gasteiger charge is 2.26. The number of amides is 1. The SMILES string of the molecule is Cc1cc(C2CCC2)ccc1C(=O)N1CCC(c2ccc(C#N)cc2)CC1. The van der Waals surface area contributed by atoms with E-state index >= 15 is 0 Å². The quantitative estimate of drug-likeness (QED) is 0.761. The maximum atomic E-state index is 13.0. The van der Waals surface area contributed by atoms with Gasteiger partial charge in [-0.15, -0.1) is 0 Å². The lowest BCUT2D eigenvalue weighted by molar-refractivity contribution is 0.0712. The summed E-state index contributed by atoms with van der Waals surface area (Å²) in [5.74, 6) is 1.35. The first-order valence-electron chi connectivity index (χ1n) is 10.1. The Morgan fingerprint density at radius 1 is 0.963 bits per heavy atom. The molecule has 2 fully saturated rings. The number of likely N-dealkylation sites (tertiary alicyclic amines) is 1. The van der Waals surface area contributed by atoms with Crippen molar-refractivity contribution >= 4 is 5.91 Å². The van der Waals surface area contributed by atoms with Crippen LogP contribution in [0.1, 0.15) is 76.6 Å². The second-order valence-corrected chi connectivity index (χ2v) is 8.00. The van der Waals surface area contributed by atoms with Gasteiger partial charge in [-0.1, -0.05) is 30.7 Å². The molecule has 27 heavy (non-hydrogen) atoms. The maximum Gasteiger partial charge on any atom is 0.254 e. The van der Waals surface area contributed by atoms with Crippen molar-refractivity contribution in [3.8, 4) is 6.07 Å². The van der Waals surface area contributed by atoms with Gasteiger partial charge in [-0.25, -0.2) is 0 Å². The van der Waals surface area contributed by atoms with E-state index in [-0.39, 0.29) is 5.91 Å². The van der Waals surface area contributed by atoms with Crippen LogP contribution in [0.5, 0.6) is 0 Å². The third-order valence-electron chi connectivity index (χ3n) is 6.35. The number of benzene rings is 2. The molecule has 4 rings (SSSR count). The Balaban J connectivity index is 1.40. The van der Waals surface area contributed by atoms with Gasteiger partial charge in [0.15, 0.2) is 0 Å². The van der Waals surface area contributed by atoms with Gasteiger partial charge in [-0.3, -0.25) is 4.79 Å². The summed E-state index contributed by atoms with van der Waals surface area (Å²) in [4.78, 5) is 15.0. The lowest BCUT2D eigenvalue weighted by Gasteiger charge is -2.33. The summed E-state index contributed by atoms with van der Waals surface area (Å²) in [5, 5.41) is 8.94. The summed E-state index contributed by atoms with van der Waals surface area (Å²) in [6.45, 7) is 3.67. The molecule has 0 spiro atoms. The fraction of sp³-hybridized carbons (Fsp3) is 0.417. The maximum absolute atomic E-state index is 13.0. The molecule has 2 aliphatic rings. The van der Waals surface area contributed by atoms with Gasteiger partial charge in [0.05, 0.1) is 11.6 Å². The number of hydrogen-bond donors (Lipinski definition) is 0. The monoisotopic (exact) mass is 358 g/mol. The minimum atomic E-state index is 0.172. The number of hydrogen-bond acceptors (Lipinski definition) is 2. The van der Waals surface area contributed by atoms with Crippen molar-refractivity contribution in [1.29, 1.82) is 5.26 Å². The van der Waals surface area contributed by atoms with Crippen molar-refractivity contribution in [2.24, 2.45) is 0 Å². The van der Waals surface area contributed by atoms with E-state index in [4.69, 9.17) is 5.26 Å². The van der Waals surface area contributed by atoms with Crippen LogP contribution in [0.4, 0.5) is 0 Å². The van der Waals surface area contributed by atoms with Crippen molar-refractivity contribution in [3.63, 3.8) is 0 Å². The molecule has 0 atom stereocenters. The molecule has 0 bridgehead atoms. The summed E-state index contributed by atoms with van der Waals surface area (Å²) in [6, 6.07) is 16.5. The zero-order valence-corrected chi connectivity index (χ0v) is 15.9. The number of nitriles is 1. The lowest BCUT2D eigenvalue weighted by Crippen LogP contribution is -2.38. The van der Waals surface area contributed by atoms with E-state index in [1.165, 1.54) is 30.4 Å². The van der Waals surface area contributed by atoms with Crippen LogP contribution >= 0.6 is 0 Å². The summed E-state index contributed by atoms with van der Waals surface area (Å²) in [5.41, 5.74) is 5.35. The Morgan fingerprint density at radius 2 is 1.59 bits per heavy atom. The number of rotatable bonds is 3. The fourth-order valence-corrected chi connectivity index (χ4v) is 4.34. The average Bonchev–Trinajstić information content (AvgIpc) is 2.66. The van der Waals surface area contributed by atoms with Gasteiger partial charge in [0.25, 0.3) is 5.91 Å². The number of aryl methyl sites for hydroxylation is 1. The first kappa shape index (κ1) is 17.8. The third kappa shape index (κ3) is 3.62. The normalized spacial score (nSPS) is 18.0. The molecule has 2 aromatic carbocycles. The zero-order chi connectivity index (χ0) is 18.8. The Labute approximate surface area is 161 Å². The smallest absolute Gasteiger partial charge is 0.254 e. The number of carbonyl (C=O) groups is 1. The highest BCUT2D eigenvalue weighted by molar-refractivity contribution is 5.95. The molecule has 3 nitrogen and oxygen atoms in total. The van der Waals surface area contributed by atoms with E-state index in [0.29, 0.717) is 17.4 Å². The molecule has 2 aromatic rings. The highest BCUT2D eigenvalue weighted by atomic mass is 16.2. The van der Waals surface area contributed by atoms with E-state index in [1.54, 1.807) is 0 Å². The van der Waals surface area contributed by atoms with Crippen molar-refractivity contribution < 1.29 is 4.79 Å². The van der Waals surface area contributed by atoms with Crippen LogP contribution in [0.3, 0.4) is 0 Å². The predicted molar refractivity (Wildman–Crippen MR) is 107 cm³/mol. The molecular formula is C24H26N2O. The second-order valence-electron chi connectivity index (χ2n) is 8.00. The molecule has 0 unspecified atom stereocenters. The molecule has 1 saturated carbocycles.